The van der Waals surface area contributed by atoms with Crippen molar-refractivity contribution in [2.75, 3.05) is 33.2 Å². The van der Waals surface area contributed by atoms with E-state index in [1.165, 1.54) is 4.90 Å². The van der Waals surface area contributed by atoms with Gasteiger partial charge >= 0.3 is 5.97 Å². The number of hydrogen-bond acceptors (Lipinski definition) is 3. The number of carboxylic acids is 1. The fourth-order valence-corrected chi connectivity index (χ4v) is 4.01. The van der Waals surface area contributed by atoms with Crippen molar-refractivity contribution in [1.29, 1.82) is 0 Å². The Labute approximate surface area is 142 Å². The maximum atomic E-state index is 13.5. The molecule has 2 fully saturated rings. The average Bonchev–Trinajstić information content (AvgIpc) is 2.90. The SMILES string of the molecule is CN1CC[C@@H]2CN(C(=O)c3cc(F)c(F)cc3Cl)C[C@]2(C(=O)O)C1. The molecule has 5 nitrogen and oxygen atoms in total. The minimum absolute atomic E-state index is 0.0332. The molecule has 0 bridgehead atoms. The van der Waals surface area contributed by atoms with Gasteiger partial charge in [0.15, 0.2) is 11.6 Å². The molecule has 0 spiro atoms. The largest absolute Gasteiger partial charge is 0.481 e. The summed E-state index contributed by atoms with van der Waals surface area (Å²) in [5.74, 6) is -3.97. The zero-order valence-corrected chi connectivity index (χ0v) is 13.8. The minimum Gasteiger partial charge on any atom is -0.481 e. The van der Waals surface area contributed by atoms with Crippen molar-refractivity contribution in [2.45, 2.75) is 6.42 Å². The Morgan fingerprint density at radius 3 is 2.62 bits per heavy atom. The number of aliphatic carboxylic acids is 1. The van der Waals surface area contributed by atoms with Gasteiger partial charge in [-0.05, 0) is 38.1 Å². The van der Waals surface area contributed by atoms with Crippen LogP contribution in [0.15, 0.2) is 12.1 Å². The highest BCUT2D eigenvalue weighted by Gasteiger charge is 2.55. The van der Waals surface area contributed by atoms with Gasteiger partial charge in [0.05, 0.1) is 10.6 Å². The number of carbonyl (C=O) groups is 2. The standard InChI is InChI=1S/C16H17ClF2N2O3/c1-20-3-2-9-6-21(8-16(9,7-20)15(23)24)14(22)10-4-12(18)13(19)5-11(10)17/h4-5,9H,2-3,6-8H2,1H3,(H,23,24)/t9-,16-/m1/s1. The van der Waals surface area contributed by atoms with E-state index >= 15 is 0 Å². The number of amides is 1. The van der Waals surface area contributed by atoms with E-state index in [1.54, 1.807) is 0 Å². The van der Waals surface area contributed by atoms with Crippen molar-refractivity contribution in [3.8, 4) is 0 Å². The van der Waals surface area contributed by atoms with Crippen LogP contribution in [0.3, 0.4) is 0 Å². The molecule has 0 unspecified atom stereocenters. The summed E-state index contributed by atoms with van der Waals surface area (Å²) in [6.07, 6.45) is 0.665. The molecule has 24 heavy (non-hydrogen) atoms. The lowest BCUT2D eigenvalue weighted by molar-refractivity contribution is -0.153. The monoisotopic (exact) mass is 358 g/mol. The number of carboxylic acid groups (broad SMARTS) is 1. The lowest BCUT2D eigenvalue weighted by Crippen LogP contribution is -2.52. The molecule has 0 radical (unpaired) electrons. The number of halogens is 3. The van der Waals surface area contributed by atoms with E-state index in [4.69, 9.17) is 11.6 Å². The summed E-state index contributed by atoms with van der Waals surface area (Å²) in [5, 5.41) is 9.54. The van der Waals surface area contributed by atoms with Crippen molar-refractivity contribution in [3.63, 3.8) is 0 Å². The minimum atomic E-state index is -1.16. The van der Waals surface area contributed by atoms with Gasteiger partial charge in [-0.1, -0.05) is 11.6 Å². The van der Waals surface area contributed by atoms with E-state index in [1.807, 2.05) is 11.9 Å². The Balaban J connectivity index is 1.90. The molecule has 0 aromatic heterocycles. The van der Waals surface area contributed by atoms with Gasteiger partial charge < -0.3 is 14.9 Å². The molecule has 2 heterocycles. The highest BCUT2D eigenvalue weighted by molar-refractivity contribution is 6.33. The van der Waals surface area contributed by atoms with Crippen LogP contribution in [-0.2, 0) is 4.79 Å². The molecule has 2 aliphatic rings. The average molecular weight is 359 g/mol. The first-order valence-corrected chi connectivity index (χ1v) is 7.98. The van der Waals surface area contributed by atoms with E-state index in [2.05, 4.69) is 0 Å². The lowest BCUT2D eigenvalue weighted by atomic mass is 9.73. The summed E-state index contributed by atoms with van der Waals surface area (Å²) in [7, 11) is 1.84. The van der Waals surface area contributed by atoms with E-state index in [0.29, 0.717) is 13.0 Å². The number of carbonyl (C=O) groups excluding carboxylic acids is 1. The summed E-state index contributed by atoms with van der Waals surface area (Å²) >= 11 is 5.87. The molecule has 2 atom stereocenters. The van der Waals surface area contributed by atoms with Gasteiger partial charge in [-0.25, -0.2) is 8.78 Å². The summed E-state index contributed by atoms with van der Waals surface area (Å²) in [6, 6.07) is 1.52. The molecule has 1 aromatic carbocycles. The second kappa shape index (κ2) is 5.97. The molecule has 1 N–H and O–H groups in total. The van der Waals surface area contributed by atoms with Crippen molar-refractivity contribution in [1.82, 2.24) is 9.80 Å². The summed E-state index contributed by atoms with van der Waals surface area (Å²) in [6.45, 7) is 1.41. The van der Waals surface area contributed by atoms with Gasteiger partial charge in [-0.3, -0.25) is 9.59 Å². The zero-order valence-electron chi connectivity index (χ0n) is 13.1. The molecular formula is C16H17ClF2N2O3. The van der Waals surface area contributed by atoms with Crippen LogP contribution in [0.5, 0.6) is 0 Å². The molecule has 130 valence electrons. The fourth-order valence-electron chi connectivity index (χ4n) is 3.78. The molecular weight excluding hydrogens is 342 g/mol. The van der Waals surface area contributed by atoms with Gasteiger partial charge in [0.1, 0.15) is 5.41 Å². The Hall–Kier alpha value is -1.73. The Morgan fingerprint density at radius 1 is 1.29 bits per heavy atom. The van der Waals surface area contributed by atoms with Gasteiger partial charge in [-0.2, -0.15) is 0 Å². The van der Waals surface area contributed by atoms with Crippen LogP contribution in [0.4, 0.5) is 8.78 Å². The van der Waals surface area contributed by atoms with E-state index in [-0.39, 0.29) is 29.6 Å². The molecule has 2 saturated heterocycles. The number of piperidine rings is 1. The van der Waals surface area contributed by atoms with Gasteiger partial charge in [0, 0.05) is 19.6 Å². The van der Waals surface area contributed by atoms with Crippen molar-refractivity contribution < 1.29 is 23.5 Å². The normalized spacial score (nSPS) is 27.2. The lowest BCUT2D eigenvalue weighted by Gasteiger charge is -2.39. The number of hydrogen-bond donors (Lipinski definition) is 1. The quantitative estimate of drug-likeness (QED) is 0.822. The zero-order chi connectivity index (χ0) is 17.6. The van der Waals surface area contributed by atoms with Crippen LogP contribution in [0, 0.1) is 23.0 Å². The Kier molecular flexibility index (Phi) is 4.25. The van der Waals surface area contributed by atoms with Crippen LogP contribution >= 0.6 is 11.6 Å². The first-order valence-electron chi connectivity index (χ1n) is 7.60. The number of benzene rings is 1. The molecule has 1 aromatic rings. The molecule has 3 rings (SSSR count). The third-order valence-corrected chi connectivity index (χ3v) is 5.37. The van der Waals surface area contributed by atoms with Crippen LogP contribution < -0.4 is 0 Å². The van der Waals surface area contributed by atoms with Gasteiger partial charge in [0.2, 0.25) is 0 Å². The summed E-state index contributed by atoms with van der Waals surface area (Å²) in [5.41, 5.74) is -1.18. The van der Waals surface area contributed by atoms with Gasteiger partial charge in [0.25, 0.3) is 5.91 Å². The van der Waals surface area contributed by atoms with Gasteiger partial charge in [-0.15, -0.1) is 0 Å². The first-order chi connectivity index (χ1) is 11.2. The predicted molar refractivity (Wildman–Crippen MR) is 82.9 cm³/mol. The molecule has 8 heteroatoms. The Bertz CT molecular complexity index is 715. The first kappa shape index (κ1) is 17.1. The number of rotatable bonds is 2. The van der Waals surface area contributed by atoms with E-state index in [9.17, 15) is 23.5 Å². The van der Waals surface area contributed by atoms with Crippen LogP contribution in [0.25, 0.3) is 0 Å². The predicted octanol–water partition coefficient (Wildman–Crippen LogP) is 2.10. The maximum Gasteiger partial charge on any atom is 0.313 e. The fraction of sp³-hybridized carbons (Fsp3) is 0.500. The number of fused-ring (bicyclic) bond motifs is 1. The molecule has 1 amide bonds. The van der Waals surface area contributed by atoms with Crippen LogP contribution in [-0.4, -0.2) is 60.0 Å². The number of likely N-dealkylation sites (tertiary alicyclic amines) is 2. The third-order valence-electron chi connectivity index (χ3n) is 5.06. The van der Waals surface area contributed by atoms with Crippen LogP contribution in [0.2, 0.25) is 5.02 Å². The second-order valence-corrected chi connectivity index (χ2v) is 7.02. The van der Waals surface area contributed by atoms with Crippen molar-refractivity contribution >= 4 is 23.5 Å². The Morgan fingerprint density at radius 2 is 1.96 bits per heavy atom. The third kappa shape index (κ3) is 2.65. The smallest absolute Gasteiger partial charge is 0.313 e. The molecule has 0 saturated carbocycles. The summed E-state index contributed by atoms with van der Waals surface area (Å²) in [4.78, 5) is 27.9. The molecule has 0 aliphatic carbocycles. The highest BCUT2D eigenvalue weighted by atomic mass is 35.5. The van der Waals surface area contributed by atoms with E-state index in [0.717, 1.165) is 18.7 Å². The topological polar surface area (TPSA) is 60.9 Å². The molecule has 2 aliphatic heterocycles. The van der Waals surface area contributed by atoms with Crippen molar-refractivity contribution in [3.05, 3.63) is 34.4 Å². The van der Waals surface area contributed by atoms with Crippen molar-refractivity contribution in [2.24, 2.45) is 11.3 Å². The maximum absolute atomic E-state index is 13.5. The number of nitrogens with zero attached hydrogens (tertiary/aromatic N) is 2. The van der Waals surface area contributed by atoms with E-state index < -0.39 is 28.9 Å². The van der Waals surface area contributed by atoms with Crippen LogP contribution in [0.1, 0.15) is 16.8 Å². The second-order valence-electron chi connectivity index (χ2n) is 6.62. The highest BCUT2D eigenvalue weighted by Crippen LogP contribution is 2.42. The summed E-state index contributed by atoms with van der Waals surface area (Å²) < 4.78 is 26.6.